The number of hydrogen-bond acceptors (Lipinski definition) is 4. The minimum atomic E-state index is -0.625. The zero-order chi connectivity index (χ0) is 17.8. The molecule has 2 atom stereocenters. The molecule has 0 aliphatic carbocycles. The summed E-state index contributed by atoms with van der Waals surface area (Å²) in [7, 11) is 1.70. The van der Waals surface area contributed by atoms with Gasteiger partial charge in [0.05, 0.1) is 6.10 Å². The van der Waals surface area contributed by atoms with Crippen LogP contribution in [0.2, 0.25) is 0 Å². The molecular formula is C17H20F2N4O2. The smallest absolute Gasteiger partial charge is 0.222 e. The van der Waals surface area contributed by atoms with E-state index in [0.29, 0.717) is 18.7 Å². The third kappa shape index (κ3) is 4.19. The fourth-order valence-corrected chi connectivity index (χ4v) is 3.06. The van der Waals surface area contributed by atoms with Gasteiger partial charge in [-0.25, -0.2) is 13.8 Å². The molecule has 1 saturated heterocycles. The molecule has 1 aliphatic rings. The van der Waals surface area contributed by atoms with Gasteiger partial charge in [0.1, 0.15) is 23.8 Å². The van der Waals surface area contributed by atoms with Crippen molar-refractivity contribution < 1.29 is 18.3 Å². The maximum atomic E-state index is 13.6. The lowest BCUT2D eigenvalue weighted by Gasteiger charge is -2.24. The zero-order valence-electron chi connectivity index (χ0n) is 13.9. The molecule has 134 valence electrons. The second-order valence-electron chi connectivity index (χ2n) is 6.19. The molecule has 0 spiro atoms. The fourth-order valence-electron chi connectivity index (χ4n) is 3.06. The summed E-state index contributed by atoms with van der Waals surface area (Å²) in [5, 5.41) is 6.71. The molecule has 2 aromatic rings. The first-order valence-corrected chi connectivity index (χ1v) is 8.19. The topological polar surface area (TPSA) is 71.1 Å². The number of nitrogens with one attached hydrogen (secondary N) is 1. The van der Waals surface area contributed by atoms with Crippen LogP contribution in [0.25, 0.3) is 0 Å². The van der Waals surface area contributed by atoms with E-state index in [0.717, 1.165) is 18.3 Å². The Bertz CT molecular complexity index is 723. The molecule has 1 aliphatic heterocycles. The van der Waals surface area contributed by atoms with E-state index in [4.69, 9.17) is 4.74 Å². The summed E-state index contributed by atoms with van der Waals surface area (Å²) in [6.07, 6.45) is 2.51. The number of ether oxygens (including phenoxy) is 1. The molecule has 0 unspecified atom stereocenters. The average Bonchev–Trinajstić information content (AvgIpc) is 3.24. The number of nitrogens with zero attached hydrogens (tertiary/aromatic N) is 3. The Morgan fingerprint density at radius 2 is 2.28 bits per heavy atom. The Morgan fingerprint density at radius 1 is 1.44 bits per heavy atom. The number of rotatable bonds is 6. The molecule has 8 heteroatoms. The first-order valence-electron chi connectivity index (χ1n) is 8.19. The van der Waals surface area contributed by atoms with Crippen LogP contribution >= 0.6 is 0 Å². The summed E-state index contributed by atoms with van der Waals surface area (Å²) in [4.78, 5) is 18.1. The molecule has 1 amide bonds. The van der Waals surface area contributed by atoms with Crippen LogP contribution in [0, 0.1) is 11.6 Å². The third-order valence-electron chi connectivity index (χ3n) is 4.50. The van der Waals surface area contributed by atoms with Gasteiger partial charge in [-0.05, 0) is 24.5 Å². The Morgan fingerprint density at radius 3 is 3.00 bits per heavy atom. The first-order chi connectivity index (χ1) is 12.0. The molecule has 1 N–H and O–H groups in total. The Balaban J connectivity index is 1.53. The molecule has 0 saturated carbocycles. The molecule has 1 aromatic carbocycles. The van der Waals surface area contributed by atoms with Gasteiger partial charge in [0.25, 0.3) is 0 Å². The number of H-pyrrole nitrogens is 1. The second kappa shape index (κ2) is 7.69. The quantitative estimate of drug-likeness (QED) is 0.866. The second-order valence-corrected chi connectivity index (χ2v) is 6.19. The summed E-state index contributed by atoms with van der Waals surface area (Å²) in [5.74, 6) is -0.527. The Labute approximate surface area is 144 Å². The zero-order valence-corrected chi connectivity index (χ0v) is 13.9. The number of carbonyl (C=O) groups excluding carboxylic acids is 1. The molecule has 1 aromatic heterocycles. The number of amides is 1. The van der Waals surface area contributed by atoms with Crippen molar-refractivity contribution in [2.24, 2.45) is 0 Å². The van der Waals surface area contributed by atoms with Gasteiger partial charge >= 0.3 is 0 Å². The summed E-state index contributed by atoms with van der Waals surface area (Å²) >= 11 is 0. The summed E-state index contributed by atoms with van der Waals surface area (Å²) in [6.45, 7) is 1.04. The van der Waals surface area contributed by atoms with Crippen molar-refractivity contribution >= 4 is 5.91 Å². The standard InChI is InChI=1S/C17H20F2N4O2/c1-23(9-15-13(6-7-25-15)17-20-10-21-22-17)16(24)5-3-11-2-4-12(18)8-14(11)19/h2,4,8,10,13,15H,3,5-7,9H2,1H3,(H,20,21,22)/t13-,15-/m1/s1. The highest BCUT2D eigenvalue weighted by molar-refractivity contribution is 5.76. The lowest BCUT2D eigenvalue weighted by Crippen LogP contribution is -2.36. The van der Waals surface area contributed by atoms with Crippen LogP contribution in [-0.2, 0) is 16.0 Å². The number of carbonyl (C=O) groups is 1. The number of hydrogen-bond donors (Lipinski definition) is 1. The minimum absolute atomic E-state index is 0.0762. The van der Waals surface area contributed by atoms with Crippen LogP contribution in [-0.4, -0.2) is 52.3 Å². The monoisotopic (exact) mass is 350 g/mol. The molecule has 0 bridgehead atoms. The lowest BCUT2D eigenvalue weighted by atomic mass is 10.00. The van der Waals surface area contributed by atoms with Crippen LogP contribution in [0.4, 0.5) is 8.78 Å². The van der Waals surface area contributed by atoms with Crippen LogP contribution < -0.4 is 0 Å². The van der Waals surface area contributed by atoms with E-state index in [1.54, 1.807) is 11.9 Å². The third-order valence-corrected chi connectivity index (χ3v) is 4.50. The van der Waals surface area contributed by atoms with Crippen molar-refractivity contribution in [1.29, 1.82) is 0 Å². The highest BCUT2D eigenvalue weighted by atomic mass is 19.1. The SMILES string of the molecule is CN(C[C@H]1OCC[C@H]1c1ncn[nH]1)C(=O)CCc1ccc(F)cc1F. The number of aromatic nitrogens is 3. The van der Waals surface area contributed by atoms with Crippen LogP contribution in [0.1, 0.15) is 30.1 Å². The van der Waals surface area contributed by atoms with E-state index in [1.807, 2.05) is 0 Å². The average molecular weight is 350 g/mol. The van der Waals surface area contributed by atoms with Crippen LogP contribution in [0.15, 0.2) is 24.5 Å². The minimum Gasteiger partial charge on any atom is -0.376 e. The van der Waals surface area contributed by atoms with Crippen molar-refractivity contribution in [3.63, 3.8) is 0 Å². The van der Waals surface area contributed by atoms with Gasteiger partial charge in [-0.15, -0.1) is 0 Å². The predicted octanol–water partition coefficient (Wildman–Crippen LogP) is 2.05. The van der Waals surface area contributed by atoms with E-state index < -0.39 is 11.6 Å². The molecule has 0 radical (unpaired) electrons. The van der Waals surface area contributed by atoms with Gasteiger partial charge in [0.15, 0.2) is 0 Å². The molecule has 25 heavy (non-hydrogen) atoms. The predicted molar refractivity (Wildman–Crippen MR) is 85.8 cm³/mol. The number of benzene rings is 1. The highest BCUT2D eigenvalue weighted by Crippen LogP contribution is 2.29. The Hall–Kier alpha value is -2.35. The highest BCUT2D eigenvalue weighted by Gasteiger charge is 2.33. The molecule has 3 rings (SSSR count). The Kier molecular flexibility index (Phi) is 5.37. The van der Waals surface area contributed by atoms with E-state index in [-0.39, 0.29) is 30.8 Å². The maximum Gasteiger partial charge on any atom is 0.222 e. The molecule has 6 nitrogen and oxygen atoms in total. The molecule has 2 heterocycles. The number of halogens is 2. The van der Waals surface area contributed by atoms with Gasteiger partial charge in [-0.2, -0.15) is 5.10 Å². The first kappa shape index (κ1) is 17.5. The summed E-state index contributed by atoms with van der Waals surface area (Å²) in [6, 6.07) is 3.40. The van der Waals surface area contributed by atoms with E-state index in [2.05, 4.69) is 15.2 Å². The van der Waals surface area contributed by atoms with Crippen molar-refractivity contribution in [2.45, 2.75) is 31.3 Å². The van der Waals surface area contributed by atoms with Gasteiger partial charge in [0.2, 0.25) is 5.91 Å². The maximum absolute atomic E-state index is 13.6. The largest absolute Gasteiger partial charge is 0.376 e. The van der Waals surface area contributed by atoms with Crippen molar-refractivity contribution in [1.82, 2.24) is 20.1 Å². The molecule has 1 fully saturated rings. The number of aromatic amines is 1. The van der Waals surface area contributed by atoms with E-state index in [9.17, 15) is 13.6 Å². The fraction of sp³-hybridized carbons (Fsp3) is 0.471. The van der Waals surface area contributed by atoms with Crippen molar-refractivity contribution in [3.05, 3.63) is 47.5 Å². The number of likely N-dealkylation sites (N-methyl/N-ethyl adjacent to an activating group) is 1. The van der Waals surface area contributed by atoms with Gasteiger partial charge in [-0.3, -0.25) is 9.89 Å². The summed E-state index contributed by atoms with van der Waals surface area (Å²) in [5.41, 5.74) is 0.333. The van der Waals surface area contributed by atoms with Gasteiger partial charge in [-0.1, -0.05) is 6.07 Å². The van der Waals surface area contributed by atoms with Crippen molar-refractivity contribution in [2.75, 3.05) is 20.2 Å². The summed E-state index contributed by atoms with van der Waals surface area (Å²) < 4.78 is 32.3. The number of aryl methyl sites for hydroxylation is 1. The van der Waals surface area contributed by atoms with E-state index in [1.165, 1.54) is 18.5 Å². The van der Waals surface area contributed by atoms with Crippen LogP contribution in [0.3, 0.4) is 0 Å². The van der Waals surface area contributed by atoms with Gasteiger partial charge < -0.3 is 9.64 Å². The van der Waals surface area contributed by atoms with Crippen molar-refractivity contribution in [3.8, 4) is 0 Å². The lowest BCUT2D eigenvalue weighted by molar-refractivity contribution is -0.131. The van der Waals surface area contributed by atoms with E-state index >= 15 is 0 Å². The normalized spacial score (nSPS) is 20.0. The van der Waals surface area contributed by atoms with Crippen LogP contribution in [0.5, 0.6) is 0 Å². The van der Waals surface area contributed by atoms with Gasteiger partial charge in [0, 0.05) is 38.6 Å². The molecular weight excluding hydrogens is 330 g/mol.